The number of aromatic amines is 1. The van der Waals surface area contributed by atoms with Crippen molar-refractivity contribution in [3.63, 3.8) is 0 Å². The van der Waals surface area contributed by atoms with Gasteiger partial charge in [0.2, 0.25) is 0 Å². The second kappa shape index (κ2) is 7.35. The minimum Gasteiger partial charge on any atom is -0.332 e. The lowest BCUT2D eigenvalue weighted by molar-refractivity contribution is 0.0735. The molecule has 0 bridgehead atoms. The van der Waals surface area contributed by atoms with E-state index in [0.717, 1.165) is 23.0 Å². The monoisotopic (exact) mass is 391 g/mol. The van der Waals surface area contributed by atoms with E-state index in [-0.39, 0.29) is 17.5 Å². The molecule has 4 rings (SSSR count). The summed E-state index contributed by atoms with van der Waals surface area (Å²) in [7, 11) is 0. The Bertz CT molecular complexity index is 1220. The second-order valence-electron chi connectivity index (χ2n) is 7.74. The molecule has 1 aliphatic heterocycles. The third kappa shape index (κ3) is 3.28. The van der Waals surface area contributed by atoms with Crippen LogP contribution in [0.4, 0.5) is 0 Å². The van der Waals surface area contributed by atoms with E-state index in [2.05, 4.69) is 37.0 Å². The van der Waals surface area contributed by atoms with Crippen LogP contribution in [0, 0.1) is 13.8 Å². The number of carbonyl (C=O) groups is 1. The molecular weight excluding hydrogens is 366 g/mol. The fourth-order valence-electron chi connectivity index (χ4n) is 4.17. The number of benzene rings is 2. The standard InChI is InChI=1S/C23H25N3O3/c1-4-25-22(28)18-10-9-17(13-19(18)24-23(25)29)21(27)26-11-5-6-20(26)16-8-7-14(2)15(3)12-16/h7-10,12-13,20H,4-6,11H2,1-3H3,(H,24,29)/t20-/m0/s1. The Labute approximate surface area is 168 Å². The van der Waals surface area contributed by atoms with Gasteiger partial charge in [-0.25, -0.2) is 4.79 Å². The fraction of sp³-hybridized carbons (Fsp3) is 0.348. The normalized spacial score (nSPS) is 16.5. The highest BCUT2D eigenvalue weighted by Gasteiger charge is 2.31. The number of aromatic nitrogens is 2. The number of nitrogens with zero attached hydrogens (tertiary/aromatic N) is 2. The van der Waals surface area contributed by atoms with Crippen molar-refractivity contribution in [2.75, 3.05) is 6.54 Å². The largest absolute Gasteiger partial charge is 0.332 e. The summed E-state index contributed by atoms with van der Waals surface area (Å²) in [6, 6.07) is 11.3. The molecule has 0 unspecified atom stereocenters. The number of carbonyl (C=O) groups excluding carboxylic acids is 1. The Morgan fingerprint density at radius 1 is 1.10 bits per heavy atom. The zero-order chi connectivity index (χ0) is 20.7. The Hall–Kier alpha value is -3.15. The maximum Gasteiger partial charge on any atom is 0.328 e. The van der Waals surface area contributed by atoms with Crippen LogP contribution in [0.1, 0.15) is 52.9 Å². The van der Waals surface area contributed by atoms with Crippen molar-refractivity contribution < 1.29 is 4.79 Å². The number of nitrogens with one attached hydrogen (secondary N) is 1. The molecule has 1 saturated heterocycles. The van der Waals surface area contributed by atoms with Gasteiger partial charge in [-0.1, -0.05) is 18.2 Å². The Balaban J connectivity index is 1.71. The van der Waals surface area contributed by atoms with Gasteiger partial charge in [0.15, 0.2) is 0 Å². The number of H-pyrrole nitrogens is 1. The molecule has 1 fully saturated rings. The molecule has 6 nitrogen and oxygen atoms in total. The summed E-state index contributed by atoms with van der Waals surface area (Å²) in [4.78, 5) is 42.5. The van der Waals surface area contributed by atoms with E-state index >= 15 is 0 Å². The topological polar surface area (TPSA) is 75.2 Å². The lowest BCUT2D eigenvalue weighted by Gasteiger charge is -2.26. The average molecular weight is 391 g/mol. The number of hydrogen-bond acceptors (Lipinski definition) is 3. The van der Waals surface area contributed by atoms with Crippen LogP contribution in [-0.4, -0.2) is 26.9 Å². The van der Waals surface area contributed by atoms with Crippen LogP contribution in [0.15, 0.2) is 46.0 Å². The first-order valence-electron chi connectivity index (χ1n) is 10.1. The number of aryl methyl sites for hydroxylation is 2. The van der Waals surface area contributed by atoms with E-state index in [9.17, 15) is 14.4 Å². The Kier molecular flexibility index (Phi) is 4.86. The lowest BCUT2D eigenvalue weighted by atomic mass is 9.99. The van der Waals surface area contributed by atoms with E-state index in [1.807, 2.05) is 4.90 Å². The number of rotatable bonds is 3. The van der Waals surface area contributed by atoms with E-state index < -0.39 is 5.69 Å². The first-order valence-corrected chi connectivity index (χ1v) is 10.1. The molecule has 3 aromatic rings. The van der Waals surface area contributed by atoms with Crippen LogP contribution >= 0.6 is 0 Å². The molecule has 29 heavy (non-hydrogen) atoms. The molecule has 0 aliphatic carbocycles. The highest BCUT2D eigenvalue weighted by atomic mass is 16.2. The first-order chi connectivity index (χ1) is 13.9. The summed E-state index contributed by atoms with van der Waals surface area (Å²) in [6.45, 7) is 6.92. The van der Waals surface area contributed by atoms with Crippen LogP contribution in [0.25, 0.3) is 10.9 Å². The SMILES string of the molecule is CCn1c(=O)[nH]c2cc(C(=O)N3CCC[C@H]3c3ccc(C)c(C)c3)ccc2c1=O. The molecular formula is C23H25N3O3. The first kappa shape index (κ1) is 19.2. The molecule has 150 valence electrons. The number of amides is 1. The smallest absolute Gasteiger partial charge is 0.328 e. The second-order valence-corrected chi connectivity index (χ2v) is 7.74. The number of fused-ring (bicyclic) bond motifs is 1. The Morgan fingerprint density at radius 2 is 1.90 bits per heavy atom. The molecule has 1 amide bonds. The van der Waals surface area contributed by atoms with Crippen molar-refractivity contribution >= 4 is 16.8 Å². The average Bonchev–Trinajstić information content (AvgIpc) is 3.19. The van der Waals surface area contributed by atoms with Gasteiger partial charge in [-0.15, -0.1) is 0 Å². The maximum absolute atomic E-state index is 13.3. The number of hydrogen-bond donors (Lipinski definition) is 1. The van der Waals surface area contributed by atoms with Crippen molar-refractivity contribution in [3.05, 3.63) is 79.5 Å². The van der Waals surface area contributed by atoms with Crippen LogP contribution in [0.5, 0.6) is 0 Å². The van der Waals surface area contributed by atoms with E-state index in [1.165, 1.54) is 11.1 Å². The minimum atomic E-state index is -0.455. The summed E-state index contributed by atoms with van der Waals surface area (Å²) in [5, 5.41) is 0.412. The molecule has 0 saturated carbocycles. The van der Waals surface area contributed by atoms with E-state index in [1.54, 1.807) is 25.1 Å². The third-order valence-electron chi connectivity index (χ3n) is 5.97. The molecule has 2 heterocycles. The summed E-state index contributed by atoms with van der Waals surface area (Å²) in [5.74, 6) is -0.0758. The number of likely N-dealkylation sites (tertiary alicyclic amines) is 1. The third-order valence-corrected chi connectivity index (χ3v) is 5.97. The highest BCUT2D eigenvalue weighted by molar-refractivity contribution is 5.98. The fourth-order valence-corrected chi connectivity index (χ4v) is 4.17. The van der Waals surface area contributed by atoms with Gasteiger partial charge >= 0.3 is 5.69 Å². The van der Waals surface area contributed by atoms with Crippen LogP contribution in [-0.2, 0) is 6.54 Å². The van der Waals surface area contributed by atoms with Gasteiger partial charge in [0.1, 0.15) is 0 Å². The van der Waals surface area contributed by atoms with Crippen molar-refractivity contribution in [2.45, 2.75) is 46.2 Å². The summed E-state index contributed by atoms with van der Waals surface area (Å²) >= 11 is 0. The maximum atomic E-state index is 13.3. The van der Waals surface area contributed by atoms with Gasteiger partial charge < -0.3 is 9.88 Å². The van der Waals surface area contributed by atoms with Crippen molar-refractivity contribution in [1.29, 1.82) is 0 Å². The van der Waals surface area contributed by atoms with Gasteiger partial charge in [0.05, 0.1) is 16.9 Å². The molecule has 1 atom stereocenters. The highest BCUT2D eigenvalue weighted by Crippen LogP contribution is 2.34. The lowest BCUT2D eigenvalue weighted by Crippen LogP contribution is -2.34. The molecule has 1 N–H and O–H groups in total. The van der Waals surface area contributed by atoms with Crippen LogP contribution in [0.2, 0.25) is 0 Å². The summed E-state index contributed by atoms with van der Waals surface area (Å²) in [6.07, 6.45) is 1.88. The van der Waals surface area contributed by atoms with Crippen LogP contribution in [0.3, 0.4) is 0 Å². The van der Waals surface area contributed by atoms with E-state index in [4.69, 9.17) is 0 Å². The predicted octanol–water partition coefficient (Wildman–Crippen LogP) is 3.30. The van der Waals surface area contributed by atoms with Crippen molar-refractivity contribution in [1.82, 2.24) is 14.5 Å². The molecule has 2 aromatic carbocycles. The van der Waals surface area contributed by atoms with Gasteiger partial charge in [-0.05, 0) is 68.5 Å². The van der Waals surface area contributed by atoms with Gasteiger partial charge in [-0.2, -0.15) is 0 Å². The van der Waals surface area contributed by atoms with Gasteiger partial charge in [0, 0.05) is 18.7 Å². The molecule has 0 spiro atoms. The summed E-state index contributed by atoms with van der Waals surface area (Å²) < 4.78 is 1.15. The van der Waals surface area contributed by atoms with Crippen molar-refractivity contribution in [2.24, 2.45) is 0 Å². The zero-order valence-electron chi connectivity index (χ0n) is 17.0. The van der Waals surface area contributed by atoms with Crippen LogP contribution < -0.4 is 11.2 Å². The molecule has 1 aromatic heterocycles. The predicted molar refractivity (Wildman–Crippen MR) is 113 cm³/mol. The van der Waals surface area contributed by atoms with Gasteiger partial charge in [-0.3, -0.25) is 14.2 Å². The zero-order valence-corrected chi connectivity index (χ0v) is 17.0. The minimum absolute atomic E-state index is 0.0460. The Morgan fingerprint density at radius 3 is 2.62 bits per heavy atom. The molecule has 6 heteroatoms. The van der Waals surface area contributed by atoms with E-state index in [0.29, 0.717) is 29.6 Å². The quantitative estimate of drug-likeness (QED) is 0.744. The molecule has 0 radical (unpaired) electrons. The van der Waals surface area contributed by atoms with Crippen molar-refractivity contribution in [3.8, 4) is 0 Å². The molecule has 1 aliphatic rings. The summed E-state index contributed by atoms with van der Waals surface area (Å²) in [5.41, 5.74) is 3.70. The van der Waals surface area contributed by atoms with Gasteiger partial charge in [0.25, 0.3) is 11.5 Å².